The number of ether oxygens (including phenoxy) is 1. The van der Waals surface area contributed by atoms with Gasteiger partial charge in [-0.05, 0) is 24.6 Å². The van der Waals surface area contributed by atoms with Gasteiger partial charge in [-0.3, -0.25) is 14.4 Å². The highest BCUT2D eigenvalue weighted by Crippen LogP contribution is 2.18. The van der Waals surface area contributed by atoms with Crippen LogP contribution in [0.15, 0.2) is 18.2 Å². The van der Waals surface area contributed by atoms with Crippen molar-refractivity contribution in [2.75, 3.05) is 13.7 Å². The van der Waals surface area contributed by atoms with Crippen LogP contribution in [0.2, 0.25) is 0 Å². The Morgan fingerprint density at radius 3 is 2.54 bits per heavy atom. The minimum atomic E-state index is -0.957. The molecule has 1 aromatic carbocycles. The molecule has 7 heteroatoms. The fourth-order valence-electron chi connectivity index (χ4n) is 2.20. The molecule has 0 bridgehead atoms. The van der Waals surface area contributed by atoms with Crippen molar-refractivity contribution in [3.63, 3.8) is 0 Å². The number of carbonyl (C=O) groups excluding carboxylic acids is 2. The summed E-state index contributed by atoms with van der Waals surface area (Å²) in [6.45, 7) is 1.90. The van der Waals surface area contributed by atoms with E-state index in [1.807, 2.05) is 6.92 Å². The first-order valence-corrected chi connectivity index (χ1v) is 7.75. The van der Waals surface area contributed by atoms with Gasteiger partial charge in [-0.2, -0.15) is 0 Å². The van der Waals surface area contributed by atoms with Crippen LogP contribution in [0.3, 0.4) is 0 Å². The number of carboxylic acid groups (broad SMARTS) is 1. The van der Waals surface area contributed by atoms with Gasteiger partial charge in [-0.1, -0.05) is 13.3 Å². The smallest absolute Gasteiger partial charge is 0.308 e. The minimum absolute atomic E-state index is 0.0351. The Hall–Kier alpha value is -2.44. The second-order valence-corrected chi connectivity index (χ2v) is 5.40. The first-order valence-electron chi connectivity index (χ1n) is 7.75. The van der Waals surface area contributed by atoms with Crippen molar-refractivity contribution in [2.24, 2.45) is 5.92 Å². The number of benzene rings is 1. The summed E-state index contributed by atoms with van der Waals surface area (Å²) in [4.78, 5) is 34.7. The number of halogens is 1. The highest BCUT2D eigenvalue weighted by atomic mass is 19.1. The van der Waals surface area contributed by atoms with Gasteiger partial charge in [-0.25, -0.2) is 4.39 Å². The van der Waals surface area contributed by atoms with Crippen LogP contribution < -0.4 is 10.1 Å². The van der Waals surface area contributed by atoms with Crippen molar-refractivity contribution in [3.8, 4) is 5.75 Å². The molecule has 1 unspecified atom stereocenters. The van der Waals surface area contributed by atoms with Crippen LogP contribution >= 0.6 is 0 Å². The highest BCUT2D eigenvalue weighted by molar-refractivity contribution is 5.98. The number of hydrogen-bond donors (Lipinski definition) is 2. The zero-order valence-electron chi connectivity index (χ0n) is 13.8. The Labute approximate surface area is 140 Å². The lowest BCUT2D eigenvalue weighted by atomic mass is 10.0. The minimum Gasteiger partial charge on any atom is -0.494 e. The lowest BCUT2D eigenvalue weighted by Crippen LogP contribution is -2.33. The summed E-state index contributed by atoms with van der Waals surface area (Å²) in [6.07, 6.45) is 1.02. The summed E-state index contributed by atoms with van der Waals surface area (Å²) in [5, 5.41) is 11.5. The summed E-state index contributed by atoms with van der Waals surface area (Å²) in [5.74, 6) is -2.96. The van der Waals surface area contributed by atoms with E-state index in [2.05, 4.69) is 5.32 Å². The molecule has 0 saturated heterocycles. The van der Waals surface area contributed by atoms with Crippen molar-refractivity contribution in [3.05, 3.63) is 29.6 Å². The Bertz CT molecular complexity index is 603. The van der Waals surface area contributed by atoms with E-state index in [9.17, 15) is 18.8 Å². The monoisotopic (exact) mass is 339 g/mol. The molecule has 0 aliphatic rings. The molecule has 1 amide bonds. The molecule has 2 N–H and O–H groups in total. The summed E-state index contributed by atoms with van der Waals surface area (Å²) in [7, 11) is 1.33. The van der Waals surface area contributed by atoms with E-state index in [0.717, 1.165) is 6.07 Å². The Kier molecular flexibility index (Phi) is 7.88. The van der Waals surface area contributed by atoms with Crippen LogP contribution in [0.25, 0.3) is 0 Å². The predicted molar refractivity (Wildman–Crippen MR) is 85.6 cm³/mol. The van der Waals surface area contributed by atoms with E-state index in [1.54, 1.807) is 0 Å². The van der Waals surface area contributed by atoms with Gasteiger partial charge >= 0.3 is 5.97 Å². The normalized spacial score (nSPS) is 11.6. The number of methoxy groups -OCH3 is 1. The molecular weight excluding hydrogens is 317 g/mol. The van der Waals surface area contributed by atoms with Crippen LogP contribution in [-0.4, -0.2) is 36.4 Å². The second-order valence-electron chi connectivity index (χ2n) is 5.40. The lowest BCUT2D eigenvalue weighted by molar-refractivity contribution is -0.141. The van der Waals surface area contributed by atoms with Crippen LogP contribution in [0.5, 0.6) is 5.75 Å². The molecule has 0 heterocycles. The number of Topliss-reactive ketones (excluding diaryl/α,β-unsaturated/α-hetero) is 1. The van der Waals surface area contributed by atoms with Crippen molar-refractivity contribution >= 4 is 17.7 Å². The van der Waals surface area contributed by atoms with Gasteiger partial charge in [0.25, 0.3) is 0 Å². The lowest BCUT2D eigenvalue weighted by Gasteiger charge is -2.12. The average Bonchev–Trinajstić information content (AvgIpc) is 2.55. The number of ketones is 1. The van der Waals surface area contributed by atoms with Crippen molar-refractivity contribution in [2.45, 2.75) is 32.6 Å². The standard InChI is InChI=1S/C17H22FNO5/c1-3-4-12(17(22)23)10-19-16(21)8-6-14(20)11-5-7-15(24-2)13(18)9-11/h5,7,9,12H,3-4,6,8,10H2,1-2H3,(H,19,21)(H,22,23). The molecule has 1 atom stereocenters. The molecule has 0 spiro atoms. The number of hydrogen-bond acceptors (Lipinski definition) is 4. The van der Waals surface area contributed by atoms with Gasteiger partial charge in [0, 0.05) is 24.9 Å². The molecule has 0 aromatic heterocycles. The van der Waals surface area contributed by atoms with Crippen molar-refractivity contribution in [1.29, 1.82) is 0 Å². The maximum absolute atomic E-state index is 13.6. The molecule has 0 radical (unpaired) electrons. The quantitative estimate of drug-likeness (QED) is 0.639. The molecule has 0 aliphatic heterocycles. The van der Waals surface area contributed by atoms with Gasteiger partial charge in [0.2, 0.25) is 5.91 Å². The van der Waals surface area contributed by atoms with E-state index < -0.39 is 23.6 Å². The zero-order chi connectivity index (χ0) is 18.1. The van der Waals surface area contributed by atoms with Gasteiger partial charge in [0.15, 0.2) is 17.3 Å². The number of carboxylic acids is 1. The number of nitrogens with one attached hydrogen (secondary N) is 1. The summed E-state index contributed by atoms with van der Waals surface area (Å²) >= 11 is 0. The molecular formula is C17H22FNO5. The molecule has 1 rings (SSSR count). The third-order valence-corrected chi connectivity index (χ3v) is 3.58. The largest absolute Gasteiger partial charge is 0.494 e. The van der Waals surface area contributed by atoms with Crippen molar-refractivity contribution in [1.82, 2.24) is 5.32 Å². The van der Waals surface area contributed by atoms with Crippen LogP contribution in [0.4, 0.5) is 4.39 Å². The summed E-state index contributed by atoms with van der Waals surface area (Å²) in [5.41, 5.74) is 0.162. The fraction of sp³-hybridized carbons (Fsp3) is 0.471. The SMILES string of the molecule is CCCC(CNC(=O)CCC(=O)c1ccc(OC)c(F)c1)C(=O)O. The number of amides is 1. The van der Waals surface area contributed by atoms with E-state index >= 15 is 0 Å². The summed E-state index contributed by atoms with van der Waals surface area (Å²) < 4.78 is 18.3. The Morgan fingerprint density at radius 2 is 2.00 bits per heavy atom. The van der Waals surface area contributed by atoms with Gasteiger partial charge in [0.1, 0.15) is 0 Å². The molecule has 0 fully saturated rings. The molecule has 0 saturated carbocycles. The van der Waals surface area contributed by atoms with E-state index in [-0.39, 0.29) is 36.5 Å². The van der Waals surface area contributed by atoms with Crippen LogP contribution in [0, 0.1) is 11.7 Å². The Balaban J connectivity index is 2.47. The van der Waals surface area contributed by atoms with E-state index in [4.69, 9.17) is 9.84 Å². The fourth-order valence-corrected chi connectivity index (χ4v) is 2.20. The van der Waals surface area contributed by atoms with Gasteiger partial charge in [0.05, 0.1) is 13.0 Å². The molecule has 0 aliphatic carbocycles. The third kappa shape index (κ3) is 5.98. The molecule has 24 heavy (non-hydrogen) atoms. The number of carbonyl (C=O) groups is 3. The van der Waals surface area contributed by atoms with Gasteiger partial charge in [-0.15, -0.1) is 0 Å². The molecule has 6 nitrogen and oxygen atoms in total. The first kappa shape index (κ1) is 19.6. The van der Waals surface area contributed by atoms with Crippen LogP contribution in [0.1, 0.15) is 43.0 Å². The number of rotatable bonds is 10. The Morgan fingerprint density at radius 1 is 1.29 bits per heavy atom. The predicted octanol–water partition coefficient (Wildman–Crippen LogP) is 2.41. The highest BCUT2D eigenvalue weighted by Gasteiger charge is 2.18. The van der Waals surface area contributed by atoms with E-state index in [0.29, 0.717) is 12.8 Å². The van der Waals surface area contributed by atoms with E-state index in [1.165, 1.54) is 19.2 Å². The van der Waals surface area contributed by atoms with Crippen LogP contribution in [-0.2, 0) is 9.59 Å². The molecule has 132 valence electrons. The third-order valence-electron chi connectivity index (χ3n) is 3.58. The topological polar surface area (TPSA) is 92.7 Å². The van der Waals surface area contributed by atoms with Crippen molar-refractivity contribution < 1.29 is 28.6 Å². The second kappa shape index (κ2) is 9.64. The first-order chi connectivity index (χ1) is 11.4. The number of aliphatic carboxylic acids is 1. The zero-order valence-corrected chi connectivity index (χ0v) is 13.8. The molecule has 1 aromatic rings. The average molecular weight is 339 g/mol. The maximum Gasteiger partial charge on any atom is 0.308 e. The van der Waals surface area contributed by atoms with Gasteiger partial charge < -0.3 is 15.2 Å². The maximum atomic E-state index is 13.6. The summed E-state index contributed by atoms with van der Waals surface area (Å²) in [6, 6.07) is 3.86.